The number of rotatable bonds is 6. The number of ether oxygens (including phenoxy) is 2. The Hall–Kier alpha value is -2.91. The molecule has 128 valence electrons. The number of nitrogens with zero attached hydrogens (tertiary/aromatic N) is 2. The second-order valence-corrected chi connectivity index (χ2v) is 5.00. The van der Waals surface area contributed by atoms with Gasteiger partial charge in [-0.2, -0.15) is 5.01 Å². The van der Waals surface area contributed by atoms with Crippen molar-refractivity contribution in [3.63, 3.8) is 0 Å². The zero-order valence-corrected chi connectivity index (χ0v) is 13.1. The van der Waals surface area contributed by atoms with Crippen molar-refractivity contribution in [3.05, 3.63) is 48.0 Å². The van der Waals surface area contributed by atoms with Gasteiger partial charge in [0, 0.05) is 18.3 Å². The largest absolute Gasteiger partial charge is 0.497 e. The maximum absolute atomic E-state index is 12.0. The number of hydrogen-bond donors (Lipinski definition) is 3. The van der Waals surface area contributed by atoms with Crippen LogP contribution in [0.5, 0.6) is 5.75 Å². The summed E-state index contributed by atoms with van der Waals surface area (Å²) in [5, 5.41) is 0.380. The summed E-state index contributed by atoms with van der Waals surface area (Å²) in [6, 6.07) is 5.95. The fourth-order valence-corrected chi connectivity index (χ4v) is 1.93. The summed E-state index contributed by atoms with van der Waals surface area (Å²) >= 11 is 0. The fourth-order valence-electron chi connectivity index (χ4n) is 1.93. The van der Waals surface area contributed by atoms with Crippen LogP contribution >= 0.6 is 0 Å². The summed E-state index contributed by atoms with van der Waals surface area (Å²) < 4.78 is 10.0. The van der Waals surface area contributed by atoms with Gasteiger partial charge in [0.25, 0.3) is 5.91 Å². The van der Waals surface area contributed by atoms with Gasteiger partial charge < -0.3 is 20.2 Å². The van der Waals surface area contributed by atoms with Gasteiger partial charge in [0.15, 0.2) is 0 Å². The first kappa shape index (κ1) is 17.4. The van der Waals surface area contributed by atoms with Gasteiger partial charge in [0.05, 0.1) is 19.5 Å². The van der Waals surface area contributed by atoms with Crippen molar-refractivity contribution in [2.24, 2.45) is 11.6 Å². The Morgan fingerprint density at radius 1 is 1.33 bits per heavy atom. The predicted molar refractivity (Wildman–Crippen MR) is 84.5 cm³/mol. The summed E-state index contributed by atoms with van der Waals surface area (Å²) in [5.74, 6) is 5.42. The van der Waals surface area contributed by atoms with Gasteiger partial charge in [0.2, 0.25) is 0 Å². The molecule has 1 heterocycles. The number of imidazole rings is 1. The molecule has 1 aromatic heterocycles. The van der Waals surface area contributed by atoms with Crippen LogP contribution in [-0.4, -0.2) is 40.1 Å². The summed E-state index contributed by atoms with van der Waals surface area (Å²) in [7, 11) is 1.56. The van der Waals surface area contributed by atoms with Crippen molar-refractivity contribution in [1.29, 1.82) is 0 Å². The van der Waals surface area contributed by atoms with E-state index >= 15 is 0 Å². The minimum atomic E-state index is -0.982. The number of hydrazine groups is 1. The Morgan fingerprint density at radius 3 is 2.62 bits per heavy atom. The van der Waals surface area contributed by atoms with Gasteiger partial charge in [-0.15, -0.1) is 0 Å². The van der Waals surface area contributed by atoms with Crippen LogP contribution in [0.4, 0.5) is 4.79 Å². The van der Waals surface area contributed by atoms with E-state index in [9.17, 15) is 9.59 Å². The molecule has 0 bridgehead atoms. The van der Waals surface area contributed by atoms with Crippen molar-refractivity contribution in [2.75, 3.05) is 7.11 Å². The van der Waals surface area contributed by atoms with Crippen LogP contribution in [0.3, 0.4) is 0 Å². The lowest BCUT2D eigenvalue weighted by atomic mass is 10.1. The Morgan fingerprint density at radius 2 is 2.04 bits per heavy atom. The second-order valence-electron chi connectivity index (χ2n) is 5.00. The maximum atomic E-state index is 12.0. The molecular weight excluding hydrogens is 314 g/mol. The van der Waals surface area contributed by atoms with Gasteiger partial charge >= 0.3 is 6.09 Å². The van der Waals surface area contributed by atoms with E-state index in [0.29, 0.717) is 16.5 Å². The van der Waals surface area contributed by atoms with Crippen LogP contribution in [0.1, 0.15) is 11.3 Å². The lowest BCUT2D eigenvalue weighted by molar-refractivity contribution is -0.131. The molecule has 0 saturated carbocycles. The molecule has 1 aromatic carbocycles. The number of carbonyl (C=O) groups is 2. The predicted octanol–water partition coefficient (Wildman–Crippen LogP) is 0.327. The Kier molecular flexibility index (Phi) is 5.88. The van der Waals surface area contributed by atoms with E-state index in [-0.39, 0.29) is 13.0 Å². The molecule has 0 fully saturated rings. The smallest absolute Gasteiger partial charge is 0.431 e. The minimum absolute atomic E-state index is 0.0282. The number of aromatic nitrogens is 2. The zero-order chi connectivity index (χ0) is 17.5. The van der Waals surface area contributed by atoms with Gasteiger partial charge in [-0.3, -0.25) is 4.79 Å². The van der Waals surface area contributed by atoms with E-state index in [0.717, 1.165) is 5.56 Å². The first-order chi connectivity index (χ1) is 11.5. The standard InChI is InChI=1S/C15H19N5O4/c1-23-12-4-2-10(3-5-12)8-24-15(22)20(17)14(21)13(16)6-11-7-18-9-19-11/h2-5,7,9,13H,6,8,16-17H2,1H3,(H,18,19)/t13-/m0/s1. The number of amides is 2. The highest BCUT2D eigenvalue weighted by atomic mass is 16.6. The third-order valence-electron chi connectivity index (χ3n) is 3.27. The van der Waals surface area contributed by atoms with Gasteiger partial charge in [0.1, 0.15) is 12.4 Å². The minimum Gasteiger partial charge on any atom is -0.497 e. The Labute approximate surface area is 138 Å². The summed E-state index contributed by atoms with van der Waals surface area (Å²) in [6.07, 6.45) is 2.21. The van der Waals surface area contributed by atoms with E-state index in [2.05, 4.69) is 9.97 Å². The zero-order valence-electron chi connectivity index (χ0n) is 13.1. The normalized spacial score (nSPS) is 11.6. The molecule has 0 aliphatic heterocycles. The van der Waals surface area contributed by atoms with Crippen LogP contribution in [0.2, 0.25) is 0 Å². The van der Waals surface area contributed by atoms with E-state index in [1.165, 1.54) is 12.5 Å². The van der Waals surface area contributed by atoms with E-state index in [4.69, 9.17) is 21.1 Å². The van der Waals surface area contributed by atoms with Crippen molar-refractivity contribution in [1.82, 2.24) is 15.0 Å². The highest BCUT2D eigenvalue weighted by Gasteiger charge is 2.25. The topological polar surface area (TPSA) is 137 Å². The summed E-state index contributed by atoms with van der Waals surface area (Å²) in [4.78, 5) is 30.5. The maximum Gasteiger partial charge on any atom is 0.431 e. The molecule has 0 spiro atoms. The van der Waals surface area contributed by atoms with E-state index in [1.807, 2.05) is 0 Å². The molecule has 0 saturated heterocycles. The van der Waals surface area contributed by atoms with Crippen LogP contribution in [0.15, 0.2) is 36.8 Å². The molecule has 0 unspecified atom stereocenters. The third-order valence-corrected chi connectivity index (χ3v) is 3.27. The quantitative estimate of drug-likeness (QED) is 0.393. The molecule has 0 aliphatic carbocycles. The highest BCUT2D eigenvalue weighted by Crippen LogP contribution is 2.12. The molecule has 2 amide bonds. The van der Waals surface area contributed by atoms with Crippen molar-refractivity contribution >= 4 is 12.0 Å². The number of carbonyl (C=O) groups excluding carboxylic acids is 2. The molecule has 5 N–H and O–H groups in total. The second kappa shape index (κ2) is 8.09. The number of methoxy groups -OCH3 is 1. The number of hydrogen-bond acceptors (Lipinski definition) is 7. The Balaban J connectivity index is 1.84. The molecule has 0 aliphatic rings. The van der Waals surface area contributed by atoms with Crippen LogP contribution < -0.4 is 16.3 Å². The number of H-pyrrole nitrogens is 1. The lowest BCUT2D eigenvalue weighted by Gasteiger charge is -2.18. The summed E-state index contributed by atoms with van der Waals surface area (Å²) in [6.45, 7) is -0.0282. The average Bonchev–Trinajstić information content (AvgIpc) is 3.11. The van der Waals surface area contributed by atoms with Gasteiger partial charge in [-0.1, -0.05) is 12.1 Å². The third kappa shape index (κ3) is 4.54. The summed E-state index contributed by atoms with van der Waals surface area (Å²) in [5.41, 5.74) is 7.14. The van der Waals surface area contributed by atoms with Crippen molar-refractivity contribution in [3.8, 4) is 5.75 Å². The van der Waals surface area contributed by atoms with E-state index in [1.54, 1.807) is 31.4 Å². The monoisotopic (exact) mass is 333 g/mol. The number of benzene rings is 1. The molecule has 9 heteroatoms. The number of nitrogens with one attached hydrogen (secondary N) is 1. The van der Waals surface area contributed by atoms with Gasteiger partial charge in [-0.25, -0.2) is 15.6 Å². The molecular formula is C15H19N5O4. The van der Waals surface area contributed by atoms with Gasteiger partial charge in [-0.05, 0) is 17.7 Å². The molecule has 2 rings (SSSR count). The SMILES string of the molecule is COc1ccc(COC(=O)N(N)C(=O)[C@@H](N)Cc2cnc[nH]2)cc1. The van der Waals surface area contributed by atoms with Crippen molar-refractivity contribution in [2.45, 2.75) is 19.1 Å². The first-order valence-corrected chi connectivity index (χ1v) is 7.12. The molecule has 24 heavy (non-hydrogen) atoms. The number of aromatic amines is 1. The van der Waals surface area contributed by atoms with E-state index < -0.39 is 18.0 Å². The van der Waals surface area contributed by atoms with Crippen LogP contribution in [0.25, 0.3) is 0 Å². The van der Waals surface area contributed by atoms with Crippen molar-refractivity contribution < 1.29 is 19.1 Å². The number of nitrogens with two attached hydrogens (primary N) is 2. The lowest BCUT2D eigenvalue weighted by Crippen LogP contribution is -2.51. The fraction of sp³-hybridized carbons (Fsp3) is 0.267. The molecule has 9 nitrogen and oxygen atoms in total. The molecule has 0 radical (unpaired) electrons. The average molecular weight is 333 g/mol. The van der Waals surface area contributed by atoms with Crippen LogP contribution in [-0.2, 0) is 22.6 Å². The molecule has 2 aromatic rings. The highest BCUT2D eigenvalue weighted by molar-refractivity contribution is 5.94. The Bertz CT molecular complexity index is 672. The van der Waals surface area contributed by atoms with Crippen LogP contribution in [0, 0.1) is 0 Å². The molecule has 1 atom stereocenters. The first-order valence-electron chi connectivity index (χ1n) is 7.12. The number of imide groups is 1.